The van der Waals surface area contributed by atoms with Gasteiger partial charge < -0.3 is 9.42 Å². The highest BCUT2D eigenvalue weighted by Crippen LogP contribution is 2.50. The predicted octanol–water partition coefficient (Wildman–Crippen LogP) is 0.490. The van der Waals surface area contributed by atoms with Crippen LogP contribution in [0.3, 0.4) is 0 Å². The van der Waals surface area contributed by atoms with Gasteiger partial charge in [0.05, 0.1) is 23.4 Å². The quantitative estimate of drug-likeness (QED) is 0.707. The number of likely N-dealkylation sites (tertiary alicyclic amines) is 1. The molecule has 3 aliphatic rings. The molecule has 0 bridgehead atoms. The minimum Gasteiger partial charge on any atom is -0.339 e. The van der Waals surface area contributed by atoms with E-state index in [1.807, 2.05) is 6.92 Å². The van der Waals surface area contributed by atoms with Crippen LogP contribution >= 0.6 is 0 Å². The van der Waals surface area contributed by atoms with Crippen molar-refractivity contribution in [1.82, 2.24) is 29.1 Å². The van der Waals surface area contributed by atoms with E-state index in [0.717, 1.165) is 12.8 Å². The van der Waals surface area contributed by atoms with Gasteiger partial charge in [-0.05, 0) is 19.8 Å². The number of aromatic nitrogens is 4. The van der Waals surface area contributed by atoms with Gasteiger partial charge in [0.25, 0.3) is 5.91 Å². The summed E-state index contributed by atoms with van der Waals surface area (Å²) in [7, 11) is -1.57. The maximum atomic E-state index is 12.9. The average molecular weight is 420 g/mol. The molecule has 1 saturated carbocycles. The first kappa shape index (κ1) is 18.7. The molecule has 2 aromatic rings. The zero-order valence-corrected chi connectivity index (χ0v) is 17.5. The van der Waals surface area contributed by atoms with Crippen LogP contribution in [-0.2, 0) is 17.1 Å². The van der Waals surface area contributed by atoms with Crippen LogP contribution in [0.4, 0.5) is 0 Å². The van der Waals surface area contributed by atoms with Crippen molar-refractivity contribution in [1.29, 1.82) is 0 Å². The summed E-state index contributed by atoms with van der Waals surface area (Å²) < 4.78 is 33.1. The monoisotopic (exact) mass is 420 g/mol. The van der Waals surface area contributed by atoms with E-state index in [-0.39, 0.29) is 11.8 Å². The van der Waals surface area contributed by atoms with Crippen molar-refractivity contribution in [2.24, 2.45) is 12.5 Å². The van der Waals surface area contributed by atoms with E-state index in [2.05, 4.69) is 15.2 Å². The van der Waals surface area contributed by atoms with Crippen LogP contribution in [-0.4, -0.2) is 75.9 Å². The second-order valence-electron chi connectivity index (χ2n) is 8.70. The van der Waals surface area contributed by atoms with E-state index >= 15 is 0 Å². The summed E-state index contributed by atoms with van der Waals surface area (Å²) in [6.45, 7) is 3.38. The molecule has 1 atom stereocenters. The molecule has 2 aromatic heterocycles. The smallest absolute Gasteiger partial charge is 0.257 e. The third-order valence-corrected chi connectivity index (χ3v) is 7.54. The maximum absolute atomic E-state index is 12.9. The summed E-state index contributed by atoms with van der Waals surface area (Å²) >= 11 is 0. The summed E-state index contributed by atoms with van der Waals surface area (Å²) in [5.41, 5.74) is 0.859. The molecule has 0 aromatic carbocycles. The number of sulfonamides is 1. The minimum atomic E-state index is -3.35. The SMILES string of the molecule is Cc1nn(C)cc1C(=O)N1CC2(C1)CN(S(C)(=O)=O)CC2c1nc(C2CC2)no1. The van der Waals surface area contributed by atoms with Gasteiger partial charge in [0.2, 0.25) is 15.9 Å². The fraction of sp³-hybridized carbons (Fsp3) is 0.667. The molecule has 10 nitrogen and oxygen atoms in total. The Morgan fingerprint density at radius 3 is 2.59 bits per heavy atom. The van der Waals surface area contributed by atoms with Crippen molar-refractivity contribution in [3.05, 3.63) is 29.2 Å². The summed E-state index contributed by atoms with van der Waals surface area (Å²) in [6.07, 6.45) is 5.07. The first-order valence-electron chi connectivity index (χ1n) is 9.74. The molecule has 3 fully saturated rings. The highest BCUT2D eigenvalue weighted by Gasteiger charge is 2.59. The zero-order chi connectivity index (χ0) is 20.6. The van der Waals surface area contributed by atoms with E-state index in [9.17, 15) is 13.2 Å². The largest absolute Gasteiger partial charge is 0.339 e. The van der Waals surface area contributed by atoms with Crippen molar-refractivity contribution < 1.29 is 17.7 Å². The Kier molecular flexibility index (Phi) is 3.95. The molecule has 0 N–H and O–H groups in total. The Balaban J connectivity index is 1.40. The number of carbonyl (C=O) groups excluding carboxylic acids is 1. The number of hydrogen-bond donors (Lipinski definition) is 0. The third-order valence-electron chi connectivity index (χ3n) is 6.33. The van der Waals surface area contributed by atoms with E-state index in [4.69, 9.17) is 4.52 Å². The van der Waals surface area contributed by atoms with E-state index in [1.54, 1.807) is 22.8 Å². The standard InChI is InChI=1S/C18H24N6O4S/c1-11-13(6-22(2)20-11)17(25)23-8-18(9-23)10-24(29(3,26)27)7-14(18)16-19-15(21-28-16)12-4-5-12/h6,12,14H,4-5,7-10H2,1-3H3. The molecule has 156 valence electrons. The first-order valence-corrected chi connectivity index (χ1v) is 11.6. The minimum absolute atomic E-state index is 0.0815. The van der Waals surface area contributed by atoms with Crippen LogP contribution in [0.5, 0.6) is 0 Å². The van der Waals surface area contributed by atoms with Gasteiger partial charge in [-0.2, -0.15) is 10.1 Å². The number of hydrogen-bond acceptors (Lipinski definition) is 7. The highest BCUT2D eigenvalue weighted by atomic mass is 32.2. The van der Waals surface area contributed by atoms with Crippen LogP contribution in [0.15, 0.2) is 10.7 Å². The summed E-state index contributed by atoms with van der Waals surface area (Å²) in [5, 5.41) is 8.35. The summed E-state index contributed by atoms with van der Waals surface area (Å²) in [6, 6.07) is 0. The maximum Gasteiger partial charge on any atom is 0.257 e. The molecular weight excluding hydrogens is 396 g/mol. The van der Waals surface area contributed by atoms with Crippen LogP contribution in [0.1, 0.15) is 52.4 Å². The number of carbonyl (C=O) groups is 1. The Hall–Kier alpha value is -2.27. The predicted molar refractivity (Wildman–Crippen MR) is 102 cm³/mol. The van der Waals surface area contributed by atoms with Gasteiger partial charge >= 0.3 is 0 Å². The zero-order valence-electron chi connectivity index (χ0n) is 16.7. The van der Waals surface area contributed by atoms with Gasteiger partial charge in [0.15, 0.2) is 5.82 Å². The molecule has 29 heavy (non-hydrogen) atoms. The molecule has 1 aliphatic carbocycles. The third kappa shape index (κ3) is 3.07. The van der Waals surface area contributed by atoms with Crippen LogP contribution in [0, 0.1) is 12.3 Å². The van der Waals surface area contributed by atoms with Gasteiger partial charge in [0.1, 0.15) is 0 Å². The molecular formula is C18H24N6O4S. The van der Waals surface area contributed by atoms with E-state index in [1.165, 1.54) is 10.6 Å². The molecule has 1 spiro atoms. The van der Waals surface area contributed by atoms with E-state index < -0.39 is 15.4 Å². The van der Waals surface area contributed by atoms with Crippen molar-refractivity contribution in [2.75, 3.05) is 32.4 Å². The van der Waals surface area contributed by atoms with Crippen molar-refractivity contribution in [2.45, 2.75) is 31.6 Å². The Morgan fingerprint density at radius 1 is 1.28 bits per heavy atom. The molecule has 5 rings (SSSR count). The molecule has 4 heterocycles. The lowest BCUT2D eigenvalue weighted by Gasteiger charge is -2.50. The molecule has 0 radical (unpaired) electrons. The van der Waals surface area contributed by atoms with Crippen molar-refractivity contribution >= 4 is 15.9 Å². The van der Waals surface area contributed by atoms with Crippen LogP contribution in [0.25, 0.3) is 0 Å². The summed E-state index contributed by atoms with van der Waals surface area (Å²) in [4.78, 5) is 19.2. The lowest BCUT2D eigenvalue weighted by molar-refractivity contribution is 0.00126. The number of aryl methyl sites for hydroxylation is 2. The van der Waals surface area contributed by atoms with E-state index in [0.29, 0.717) is 55.1 Å². The van der Waals surface area contributed by atoms with Gasteiger partial charge in [-0.3, -0.25) is 9.48 Å². The molecule has 2 saturated heterocycles. The topological polar surface area (TPSA) is 114 Å². The van der Waals surface area contributed by atoms with Gasteiger partial charge in [0, 0.05) is 50.8 Å². The van der Waals surface area contributed by atoms with Gasteiger partial charge in [-0.1, -0.05) is 5.16 Å². The Labute approximate surface area is 168 Å². The normalized spacial score (nSPS) is 24.2. The molecule has 11 heteroatoms. The second kappa shape index (κ2) is 6.11. The highest BCUT2D eigenvalue weighted by molar-refractivity contribution is 7.88. The second-order valence-corrected chi connectivity index (χ2v) is 10.7. The molecule has 1 amide bonds. The average Bonchev–Trinajstić information content (AvgIpc) is 3.05. The van der Waals surface area contributed by atoms with Crippen LogP contribution < -0.4 is 0 Å². The fourth-order valence-corrected chi connectivity index (χ4v) is 5.48. The first-order chi connectivity index (χ1) is 13.7. The lowest BCUT2D eigenvalue weighted by Crippen LogP contribution is -2.61. The molecule has 2 aliphatic heterocycles. The number of amides is 1. The Bertz CT molecular complexity index is 1080. The number of nitrogens with zero attached hydrogens (tertiary/aromatic N) is 6. The number of rotatable bonds is 4. The van der Waals surface area contributed by atoms with Crippen molar-refractivity contribution in [3.8, 4) is 0 Å². The summed E-state index contributed by atoms with van der Waals surface area (Å²) in [5.74, 6) is 1.27. The van der Waals surface area contributed by atoms with Gasteiger partial charge in [-0.15, -0.1) is 0 Å². The fourth-order valence-electron chi connectivity index (χ4n) is 4.57. The molecule has 1 unspecified atom stereocenters. The van der Waals surface area contributed by atoms with Crippen LogP contribution in [0.2, 0.25) is 0 Å². The Morgan fingerprint density at radius 2 is 2.00 bits per heavy atom. The lowest BCUT2D eigenvalue weighted by atomic mass is 9.71. The van der Waals surface area contributed by atoms with Gasteiger partial charge in [-0.25, -0.2) is 12.7 Å². The van der Waals surface area contributed by atoms with Crippen molar-refractivity contribution in [3.63, 3.8) is 0 Å².